The first-order chi connectivity index (χ1) is 27.8. The van der Waals surface area contributed by atoms with Gasteiger partial charge in [0.2, 0.25) is 0 Å². The minimum Gasteiger partial charge on any atom is -0.444 e. The number of imidazole rings is 1. The van der Waals surface area contributed by atoms with E-state index in [0.717, 1.165) is 42.7 Å². The lowest BCUT2D eigenvalue weighted by molar-refractivity contribution is 0.0184. The van der Waals surface area contributed by atoms with Gasteiger partial charge in [-0.05, 0) is 119 Å². The van der Waals surface area contributed by atoms with Crippen LogP contribution in [0.5, 0.6) is 0 Å². The van der Waals surface area contributed by atoms with Gasteiger partial charge >= 0.3 is 11.8 Å². The number of piperidine rings is 1. The Bertz CT molecular complexity index is 2630. The average Bonchev–Trinajstić information content (AvgIpc) is 3.63. The highest BCUT2D eigenvalue weighted by molar-refractivity contribution is 5.93. The van der Waals surface area contributed by atoms with Crippen LogP contribution in [0.2, 0.25) is 0 Å². The zero-order valence-corrected chi connectivity index (χ0v) is 32.7. The molecule has 1 saturated carbocycles. The molecule has 14 heteroatoms. The van der Waals surface area contributed by atoms with Gasteiger partial charge in [0.05, 0.1) is 17.3 Å². The van der Waals surface area contributed by atoms with Crippen LogP contribution in [0, 0.1) is 17.6 Å². The molecule has 1 aliphatic carbocycles. The van der Waals surface area contributed by atoms with Crippen LogP contribution in [0.1, 0.15) is 81.4 Å². The molecule has 8 rings (SSSR count). The van der Waals surface area contributed by atoms with Crippen LogP contribution in [0.3, 0.4) is 0 Å². The number of aromatic nitrogens is 5. The lowest BCUT2D eigenvalue weighted by atomic mass is 9.89. The third kappa shape index (κ3) is 8.13. The first kappa shape index (κ1) is 38.7. The largest absolute Gasteiger partial charge is 0.444 e. The lowest BCUT2D eigenvalue weighted by Gasteiger charge is -2.33. The van der Waals surface area contributed by atoms with Gasteiger partial charge in [-0.25, -0.2) is 32.9 Å². The molecule has 5 heterocycles. The van der Waals surface area contributed by atoms with Gasteiger partial charge in [0.15, 0.2) is 5.65 Å². The second-order valence-corrected chi connectivity index (χ2v) is 16.4. The smallest absolute Gasteiger partial charge is 0.410 e. The van der Waals surface area contributed by atoms with Crippen molar-refractivity contribution in [3.8, 4) is 16.8 Å². The van der Waals surface area contributed by atoms with Crippen LogP contribution in [0.25, 0.3) is 33.5 Å². The maximum Gasteiger partial charge on any atom is 0.410 e. The highest BCUT2D eigenvalue weighted by Crippen LogP contribution is 2.30. The summed E-state index contributed by atoms with van der Waals surface area (Å²) in [6.45, 7) is 6.95. The van der Waals surface area contributed by atoms with E-state index in [9.17, 15) is 28.0 Å². The Morgan fingerprint density at radius 2 is 1.60 bits per heavy atom. The Morgan fingerprint density at radius 1 is 0.862 bits per heavy atom. The number of carbonyl (C=O) groups excluding carboxylic acids is 2. The molecule has 0 spiro atoms. The van der Waals surface area contributed by atoms with E-state index in [4.69, 9.17) is 4.74 Å². The number of likely N-dealkylation sites (tertiary alicyclic amines) is 1. The van der Waals surface area contributed by atoms with Crippen molar-refractivity contribution in [2.45, 2.75) is 83.4 Å². The second kappa shape index (κ2) is 15.6. The Kier molecular flexibility index (Phi) is 10.4. The third-order valence-corrected chi connectivity index (χ3v) is 11.1. The van der Waals surface area contributed by atoms with Crippen molar-refractivity contribution in [1.82, 2.24) is 33.7 Å². The Balaban J connectivity index is 0.987. The number of pyridine rings is 2. The van der Waals surface area contributed by atoms with Crippen LogP contribution < -0.4 is 16.6 Å². The maximum absolute atomic E-state index is 14.6. The van der Waals surface area contributed by atoms with Gasteiger partial charge in [0.1, 0.15) is 28.6 Å². The van der Waals surface area contributed by atoms with E-state index in [0.29, 0.717) is 56.0 Å². The maximum atomic E-state index is 14.6. The monoisotopic (exact) mass is 789 g/mol. The van der Waals surface area contributed by atoms with E-state index >= 15 is 0 Å². The topological polar surface area (TPSA) is 133 Å². The van der Waals surface area contributed by atoms with Gasteiger partial charge in [0, 0.05) is 37.6 Å². The summed E-state index contributed by atoms with van der Waals surface area (Å²) in [6, 6.07) is 18.9. The number of ether oxygens (including phenoxy) is 1. The summed E-state index contributed by atoms with van der Waals surface area (Å²) < 4.78 is 37.8. The summed E-state index contributed by atoms with van der Waals surface area (Å²) in [5, 5.41) is 2.98. The Hall–Kier alpha value is -6.18. The van der Waals surface area contributed by atoms with Crippen molar-refractivity contribution in [2.24, 2.45) is 5.92 Å². The molecule has 2 aromatic carbocycles. The molecule has 2 fully saturated rings. The number of benzene rings is 2. The van der Waals surface area contributed by atoms with E-state index in [1.807, 2.05) is 51.1 Å². The second-order valence-electron chi connectivity index (χ2n) is 16.4. The number of hydrogen-bond acceptors (Lipinski definition) is 7. The van der Waals surface area contributed by atoms with Crippen molar-refractivity contribution < 1.29 is 23.1 Å². The standard InChI is InChI=1S/C44H45F2N7O5/c1-44(2,3)58-43(57)50-19-17-28(18-20-50)21-27-7-9-29(10-8-27)30-5-4-6-35(22-30)52-39-36(23-32(46)24-47-39)41(55)53(42(52)56)34-14-12-33(13-15-34)48-40(54)37-26-51-25-31(45)11-16-38(51)49-37/h4-11,16,22-26,28,33-34H,12-15,17-21H2,1-3H3,(H,48,54)/t33-,34+. The number of hydrogen-bond donors (Lipinski definition) is 1. The van der Waals surface area contributed by atoms with Gasteiger partial charge in [0.25, 0.3) is 11.5 Å². The highest BCUT2D eigenvalue weighted by atomic mass is 19.1. The molecule has 0 radical (unpaired) electrons. The fourth-order valence-corrected chi connectivity index (χ4v) is 8.19. The lowest BCUT2D eigenvalue weighted by Crippen LogP contribution is -2.45. The molecule has 0 unspecified atom stereocenters. The average molecular weight is 790 g/mol. The molecule has 1 N–H and O–H groups in total. The van der Waals surface area contributed by atoms with Gasteiger partial charge in [-0.2, -0.15) is 0 Å². The zero-order valence-electron chi connectivity index (χ0n) is 32.7. The van der Waals surface area contributed by atoms with Crippen LogP contribution in [-0.2, 0) is 11.2 Å². The fourth-order valence-electron chi connectivity index (χ4n) is 8.19. The molecule has 300 valence electrons. The van der Waals surface area contributed by atoms with E-state index in [1.165, 1.54) is 43.6 Å². The van der Waals surface area contributed by atoms with E-state index in [-0.39, 0.29) is 28.9 Å². The van der Waals surface area contributed by atoms with Crippen LogP contribution in [0.4, 0.5) is 13.6 Å². The molecule has 58 heavy (non-hydrogen) atoms. The van der Waals surface area contributed by atoms with Crippen molar-refractivity contribution in [2.75, 3.05) is 13.1 Å². The molecule has 0 bridgehead atoms. The minimum atomic E-state index is -0.690. The van der Waals surface area contributed by atoms with Gasteiger partial charge < -0.3 is 19.4 Å². The summed E-state index contributed by atoms with van der Waals surface area (Å²) >= 11 is 0. The zero-order chi connectivity index (χ0) is 40.7. The van der Waals surface area contributed by atoms with Crippen molar-refractivity contribution >= 4 is 28.7 Å². The molecule has 0 atom stereocenters. The van der Waals surface area contributed by atoms with Gasteiger partial charge in [-0.3, -0.25) is 14.2 Å². The number of nitrogens with zero attached hydrogens (tertiary/aromatic N) is 6. The van der Waals surface area contributed by atoms with Gasteiger partial charge in [-0.1, -0.05) is 36.4 Å². The van der Waals surface area contributed by atoms with E-state index < -0.39 is 40.4 Å². The Morgan fingerprint density at radius 3 is 2.33 bits per heavy atom. The molecular weight excluding hydrogens is 745 g/mol. The third-order valence-electron chi connectivity index (χ3n) is 11.1. The van der Waals surface area contributed by atoms with Gasteiger partial charge in [-0.15, -0.1) is 0 Å². The molecular formula is C44H45F2N7O5. The number of amides is 2. The quantitative estimate of drug-likeness (QED) is 0.180. The number of halogens is 2. The number of nitrogens with one attached hydrogen (secondary N) is 1. The van der Waals surface area contributed by atoms with Crippen molar-refractivity contribution in [1.29, 1.82) is 0 Å². The molecule has 1 saturated heterocycles. The number of fused-ring (bicyclic) bond motifs is 2. The summed E-state index contributed by atoms with van der Waals surface area (Å²) in [6.07, 6.45) is 7.96. The van der Waals surface area contributed by atoms with Crippen LogP contribution >= 0.6 is 0 Å². The van der Waals surface area contributed by atoms with E-state index in [1.54, 1.807) is 11.0 Å². The molecule has 2 amide bonds. The summed E-state index contributed by atoms with van der Waals surface area (Å²) in [4.78, 5) is 64.2. The molecule has 12 nitrogen and oxygen atoms in total. The molecule has 4 aromatic heterocycles. The SMILES string of the molecule is CC(C)(C)OC(=O)N1CCC(Cc2ccc(-c3cccc(-n4c(=O)n([C@H]5CC[C@@H](NC(=O)c6cn7cc(F)ccc7n6)CC5)c(=O)c5cc(F)cnc54)c3)cc2)CC1. The van der Waals surface area contributed by atoms with E-state index in [2.05, 4.69) is 27.4 Å². The van der Waals surface area contributed by atoms with Crippen molar-refractivity contribution in [3.63, 3.8) is 0 Å². The molecule has 2 aliphatic rings. The summed E-state index contributed by atoms with van der Waals surface area (Å²) in [5.74, 6) is -1.08. The van der Waals surface area contributed by atoms with Crippen LogP contribution in [-0.4, -0.2) is 65.1 Å². The van der Waals surface area contributed by atoms with Crippen LogP contribution in [0.15, 0.2) is 94.9 Å². The van der Waals surface area contributed by atoms with Crippen molar-refractivity contribution in [3.05, 3.63) is 129 Å². The molecule has 6 aromatic rings. The first-order valence-corrected chi connectivity index (χ1v) is 19.8. The molecule has 1 aliphatic heterocycles. The summed E-state index contributed by atoms with van der Waals surface area (Å²) in [7, 11) is 0. The predicted octanol–water partition coefficient (Wildman–Crippen LogP) is 7.24. The highest BCUT2D eigenvalue weighted by Gasteiger charge is 2.30. The normalized spacial score (nSPS) is 17.8. The Labute approximate surface area is 333 Å². The predicted molar refractivity (Wildman–Crippen MR) is 215 cm³/mol. The summed E-state index contributed by atoms with van der Waals surface area (Å²) in [5.41, 5.74) is 2.40. The number of rotatable bonds is 7. The minimum absolute atomic E-state index is 0.00926. The first-order valence-electron chi connectivity index (χ1n) is 19.8. The number of carbonyl (C=O) groups is 2. The fraction of sp³-hybridized carbons (Fsp3) is 0.364.